The van der Waals surface area contributed by atoms with Gasteiger partial charge in [0.2, 0.25) is 5.91 Å². The van der Waals surface area contributed by atoms with Crippen molar-refractivity contribution in [2.24, 2.45) is 11.7 Å². The fraction of sp³-hybridized carbons (Fsp3) is 0.933. The van der Waals surface area contributed by atoms with E-state index in [1.807, 2.05) is 0 Å². The second-order valence-electron chi connectivity index (χ2n) is 6.58. The molecular weight excluding hydrogens is 325 g/mol. The number of nitrogens with two attached hydrogens (primary N) is 1. The molecule has 0 aromatic carbocycles. The average molecular weight is 358 g/mol. The topological polar surface area (TPSA) is 67.6 Å². The lowest BCUT2D eigenvalue weighted by Gasteiger charge is -2.43. The Morgan fingerprint density at radius 1 is 1.45 bits per heavy atom. The van der Waals surface area contributed by atoms with Crippen molar-refractivity contribution in [3.8, 4) is 0 Å². The molecule has 3 N–H and O–H groups in total. The van der Waals surface area contributed by atoms with Crippen LogP contribution < -0.4 is 11.1 Å². The normalized spacial score (nSPS) is 20.5. The van der Waals surface area contributed by atoms with Crippen LogP contribution in [0.3, 0.4) is 0 Å². The number of likely N-dealkylation sites (tertiary alicyclic amines) is 1. The van der Waals surface area contributed by atoms with E-state index in [4.69, 9.17) is 10.5 Å². The van der Waals surface area contributed by atoms with Crippen molar-refractivity contribution < 1.29 is 9.53 Å². The number of hydrogen-bond donors (Lipinski definition) is 2. The lowest BCUT2D eigenvalue weighted by atomic mass is 9.93. The molecule has 5 nitrogen and oxygen atoms in total. The highest BCUT2D eigenvalue weighted by Crippen LogP contribution is 2.23. The molecule has 0 spiro atoms. The van der Waals surface area contributed by atoms with Gasteiger partial charge in [-0.2, -0.15) is 0 Å². The Kier molecular flexibility index (Phi) is 12.6. The number of nitrogens with zero attached hydrogens (tertiary/aromatic N) is 1. The molecule has 0 saturated carbocycles. The fourth-order valence-corrected chi connectivity index (χ4v) is 2.71. The van der Waals surface area contributed by atoms with Gasteiger partial charge in [-0.15, -0.1) is 24.8 Å². The zero-order valence-electron chi connectivity index (χ0n) is 14.3. The summed E-state index contributed by atoms with van der Waals surface area (Å²) < 4.78 is 5.14. The van der Waals surface area contributed by atoms with Gasteiger partial charge in [-0.25, -0.2) is 0 Å². The summed E-state index contributed by atoms with van der Waals surface area (Å²) in [5.41, 5.74) is 5.53. The van der Waals surface area contributed by atoms with Crippen molar-refractivity contribution in [1.82, 2.24) is 10.2 Å². The monoisotopic (exact) mass is 357 g/mol. The minimum atomic E-state index is -0.187. The molecule has 1 fully saturated rings. The van der Waals surface area contributed by atoms with Crippen molar-refractivity contribution in [1.29, 1.82) is 0 Å². The van der Waals surface area contributed by atoms with E-state index in [-0.39, 0.29) is 42.4 Å². The standard InChI is InChI=1S/C15H31N3O2.2ClH/c1-12-6-5-7-18(10-12)15(2,3)11-17-14(19)8-13(9-16)20-4;;/h12-13H,5-11,16H2,1-4H3,(H,17,19);2*1H. The first-order valence-electron chi connectivity index (χ1n) is 7.63. The van der Waals surface area contributed by atoms with Gasteiger partial charge in [0.25, 0.3) is 0 Å². The number of rotatable bonds is 7. The quantitative estimate of drug-likeness (QED) is 0.729. The summed E-state index contributed by atoms with van der Waals surface area (Å²) in [6.07, 6.45) is 2.70. The second kappa shape index (κ2) is 11.5. The predicted molar refractivity (Wildman–Crippen MR) is 96.0 cm³/mol. The lowest BCUT2D eigenvalue weighted by Crippen LogP contribution is -2.54. The third-order valence-corrected chi connectivity index (χ3v) is 4.24. The highest BCUT2D eigenvalue weighted by Gasteiger charge is 2.30. The van der Waals surface area contributed by atoms with Gasteiger partial charge in [0.1, 0.15) is 0 Å². The highest BCUT2D eigenvalue weighted by molar-refractivity contribution is 5.85. The van der Waals surface area contributed by atoms with Crippen LogP contribution in [0.25, 0.3) is 0 Å². The molecule has 1 rings (SSSR count). The van der Waals surface area contributed by atoms with Crippen LogP contribution >= 0.6 is 24.8 Å². The van der Waals surface area contributed by atoms with Crippen LogP contribution in [0, 0.1) is 5.92 Å². The number of carbonyl (C=O) groups excluding carboxylic acids is 1. The van der Waals surface area contributed by atoms with Crippen molar-refractivity contribution in [2.75, 3.05) is 33.3 Å². The van der Waals surface area contributed by atoms with E-state index in [1.54, 1.807) is 7.11 Å². The molecular formula is C15H33Cl2N3O2. The van der Waals surface area contributed by atoms with Crippen molar-refractivity contribution in [3.05, 3.63) is 0 Å². The van der Waals surface area contributed by atoms with Crippen LogP contribution in [-0.2, 0) is 9.53 Å². The number of carbonyl (C=O) groups is 1. The average Bonchev–Trinajstić information content (AvgIpc) is 2.42. The van der Waals surface area contributed by atoms with Gasteiger partial charge in [-0.1, -0.05) is 6.92 Å². The minimum absolute atomic E-state index is 0. The maximum Gasteiger partial charge on any atom is 0.222 e. The maximum absolute atomic E-state index is 11.9. The van der Waals surface area contributed by atoms with E-state index >= 15 is 0 Å². The summed E-state index contributed by atoms with van der Waals surface area (Å²) in [6.45, 7) is 9.97. The highest BCUT2D eigenvalue weighted by atomic mass is 35.5. The SMILES string of the molecule is COC(CN)CC(=O)NCC(C)(C)N1CCCC(C)C1.Cl.Cl. The Morgan fingerprint density at radius 3 is 2.59 bits per heavy atom. The summed E-state index contributed by atoms with van der Waals surface area (Å²) in [7, 11) is 1.59. The van der Waals surface area contributed by atoms with E-state index in [1.165, 1.54) is 12.8 Å². The van der Waals surface area contributed by atoms with Gasteiger partial charge in [-0.3, -0.25) is 9.69 Å². The lowest BCUT2D eigenvalue weighted by molar-refractivity contribution is -0.124. The van der Waals surface area contributed by atoms with E-state index in [0.29, 0.717) is 19.5 Å². The van der Waals surface area contributed by atoms with E-state index in [2.05, 4.69) is 31.0 Å². The first kappa shape index (κ1) is 24.2. The predicted octanol–water partition coefficient (Wildman–Crippen LogP) is 1.82. The van der Waals surface area contributed by atoms with Crippen molar-refractivity contribution in [3.63, 3.8) is 0 Å². The zero-order chi connectivity index (χ0) is 15.2. The number of ether oxygens (including phenoxy) is 1. The molecule has 1 aliphatic heterocycles. The van der Waals surface area contributed by atoms with Crippen molar-refractivity contribution >= 4 is 30.7 Å². The molecule has 0 aromatic heterocycles. The summed E-state index contributed by atoms with van der Waals surface area (Å²) in [6, 6.07) is 0. The number of amides is 1. The summed E-state index contributed by atoms with van der Waals surface area (Å²) in [5.74, 6) is 0.759. The van der Waals surface area contributed by atoms with Gasteiger partial charge >= 0.3 is 0 Å². The van der Waals surface area contributed by atoms with Crippen LogP contribution in [-0.4, -0.2) is 55.7 Å². The fourth-order valence-electron chi connectivity index (χ4n) is 2.71. The molecule has 0 bridgehead atoms. The van der Waals surface area contributed by atoms with Crippen LogP contribution in [0.5, 0.6) is 0 Å². The van der Waals surface area contributed by atoms with E-state index in [0.717, 1.165) is 19.0 Å². The summed E-state index contributed by atoms with van der Waals surface area (Å²) in [4.78, 5) is 14.4. The number of nitrogens with one attached hydrogen (secondary N) is 1. The van der Waals surface area contributed by atoms with Gasteiger partial charge < -0.3 is 15.8 Å². The second-order valence-corrected chi connectivity index (χ2v) is 6.58. The van der Waals surface area contributed by atoms with E-state index < -0.39 is 0 Å². The first-order valence-corrected chi connectivity index (χ1v) is 7.63. The zero-order valence-corrected chi connectivity index (χ0v) is 15.9. The Bertz CT molecular complexity index is 313. The molecule has 0 aromatic rings. The maximum atomic E-state index is 11.9. The molecule has 1 heterocycles. The number of piperidine rings is 1. The van der Waals surface area contributed by atoms with Crippen LogP contribution in [0.1, 0.15) is 40.0 Å². The van der Waals surface area contributed by atoms with Gasteiger partial charge in [-0.05, 0) is 39.2 Å². The number of hydrogen-bond acceptors (Lipinski definition) is 4. The number of halogens is 2. The van der Waals surface area contributed by atoms with Gasteiger partial charge in [0.05, 0.1) is 12.5 Å². The molecule has 1 amide bonds. The molecule has 134 valence electrons. The molecule has 2 atom stereocenters. The molecule has 1 saturated heterocycles. The molecule has 22 heavy (non-hydrogen) atoms. The van der Waals surface area contributed by atoms with Gasteiger partial charge in [0.15, 0.2) is 0 Å². The van der Waals surface area contributed by atoms with Crippen LogP contribution in [0.4, 0.5) is 0 Å². The van der Waals surface area contributed by atoms with Crippen molar-refractivity contribution in [2.45, 2.75) is 51.7 Å². The first-order chi connectivity index (χ1) is 9.39. The summed E-state index contributed by atoms with van der Waals surface area (Å²) in [5, 5.41) is 3.02. The molecule has 0 aliphatic carbocycles. The largest absolute Gasteiger partial charge is 0.380 e. The molecule has 0 radical (unpaired) electrons. The van der Waals surface area contributed by atoms with Gasteiger partial charge in [0, 0.05) is 32.3 Å². The van der Waals surface area contributed by atoms with E-state index in [9.17, 15) is 4.79 Å². The minimum Gasteiger partial charge on any atom is -0.380 e. The Hall–Kier alpha value is -0.0700. The number of methoxy groups -OCH3 is 1. The molecule has 7 heteroatoms. The third kappa shape index (κ3) is 7.97. The summed E-state index contributed by atoms with van der Waals surface area (Å²) >= 11 is 0. The Morgan fingerprint density at radius 2 is 2.09 bits per heavy atom. The molecule has 1 aliphatic rings. The smallest absolute Gasteiger partial charge is 0.222 e. The van der Waals surface area contributed by atoms with Crippen LogP contribution in [0.2, 0.25) is 0 Å². The van der Waals surface area contributed by atoms with Crippen LogP contribution in [0.15, 0.2) is 0 Å². The Labute approximate surface area is 147 Å². The Balaban J connectivity index is 0. The third-order valence-electron chi connectivity index (χ3n) is 4.24. The molecule has 2 unspecified atom stereocenters.